The van der Waals surface area contributed by atoms with E-state index >= 15 is 0 Å². The molecule has 0 aromatic heterocycles. The molecule has 0 spiro atoms. The molecule has 2 aromatic rings. The Balaban J connectivity index is 1.57. The zero-order chi connectivity index (χ0) is 22.4. The Bertz CT molecular complexity index is 1050. The highest BCUT2D eigenvalue weighted by Gasteiger charge is 2.22. The molecule has 0 unspecified atom stereocenters. The number of hydrogen-bond donors (Lipinski definition) is 3. The molecule has 8 nitrogen and oxygen atoms in total. The fourth-order valence-electron chi connectivity index (χ4n) is 3.52. The van der Waals surface area contributed by atoms with Crippen molar-refractivity contribution in [3.05, 3.63) is 53.6 Å². The first-order valence-corrected chi connectivity index (χ1v) is 11.7. The van der Waals surface area contributed by atoms with E-state index in [2.05, 4.69) is 10.0 Å². The minimum absolute atomic E-state index is 0.0179. The molecule has 9 heteroatoms. The average Bonchev–Trinajstić information content (AvgIpc) is 2.73. The van der Waals surface area contributed by atoms with Crippen molar-refractivity contribution < 1.29 is 22.7 Å². The van der Waals surface area contributed by atoms with Gasteiger partial charge in [0.05, 0.1) is 4.90 Å². The topological polar surface area (TPSA) is 128 Å². The summed E-state index contributed by atoms with van der Waals surface area (Å²) in [6.45, 7) is 1.49. The molecule has 31 heavy (non-hydrogen) atoms. The van der Waals surface area contributed by atoms with Gasteiger partial charge in [-0.25, -0.2) is 13.1 Å². The van der Waals surface area contributed by atoms with Gasteiger partial charge in [-0.2, -0.15) is 0 Å². The molecule has 0 atom stereocenters. The highest BCUT2D eigenvalue weighted by Crippen LogP contribution is 2.24. The van der Waals surface area contributed by atoms with E-state index in [-0.39, 0.29) is 23.5 Å². The first-order chi connectivity index (χ1) is 14.7. The predicted octanol–water partition coefficient (Wildman–Crippen LogP) is 2.72. The van der Waals surface area contributed by atoms with E-state index in [1.807, 2.05) is 0 Å². The predicted molar refractivity (Wildman–Crippen MR) is 117 cm³/mol. The molecule has 1 aliphatic rings. The third-order valence-corrected chi connectivity index (χ3v) is 6.71. The summed E-state index contributed by atoms with van der Waals surface area (Å²) in [6, 6.07) is 10.7. The van der Waals surface area contributed by atoms with Gasteiger partial charge >= 0.3 is 0 Å². The highest BCUT2D eigenvalue weighted by molar-refractivity contribution is 7.89. The molecule has 0 saturated heterocycles. The van der Waals surface area contributed by atoms with E-state index in [1.54, 1.807) is 31.2 Å². The summed E-state index contributed by atoms with van der Waals surface area (Å²) in [5.41, 5.74) is 6.65. The minimum atomic E-state index is -3.60. The van der Waals surface area contributed by atoms with Crippen LogP contribution in [0.3, 0.4) is 0 Å². The number of sulfonamides is 1. The van der Waals surface area contributed by atoms with Crippen LogP contribution in [0, 0.1) is 6.92 Å². The zero-order valence-corrected chi connectivity index (χ0v) is 18.2. The lowest BCUT2D eigenvalue weighted by molar-refractivity contribution is -0.118. The second-order valence-corrected chi connectivity index (χ2v) is 9.38. The summed E-state index contributed by atoms with van der Waals surface area (Å²) in [4.78, 5) is 23.4. The first kappa shape index (κ1) is 22.8. The molecule has 1 aliphatic carbocycles. The molecular formula is C22H27N3O5S. The number of nitrogens with two attached hydrogens (primary N) is 1. The van der Waals surface area contributed by atoms with Gasteiger partial charge in [0, 0.05) is 17.3 Å². The van der Waals surface area contributed by atoms with E-state index in [9.17, 15) is 18.0 Å². The van der Waals surface area contributed by atoms with Crippen molar-refractivity contribution in [1.29, 1.82) is 0 Å². The molecule has 0 heterocycles. The Hall–Kier alpha value is -2.91. The van der Waals surface area contributed by atoms with Gasteiger partial charge in [0.15, 0.2) is 6.61 Å². The molecule has 3 rings (SSSR count). The zero-order valence-electron chi connectivity index (χ0n) is 17.4. The van der Waals surface area contributed by atoms with Gasteiger partial charge in [0.1, 0.15) is 5.75 Å². The number of rotatable bonds is 8. The summed E-state index contributed by atoms with van der Waals surface area (Å²) in [5, 5.41) is 2.66. The maximum Gasteiger partial charge on any atom is 0.262 e. The summed E-state index contributed by atoms with van der Waals surface area (Å²) in [6.07, 6.45) is 4.95. The fourth-order valence-corrected chi connectivity index (χ4v) is 4.91. The number of primary amides is 1. The average molecular weight is 446 g/mol. The van der Waals surface area contributed by atoms with Gasteiger partial charge < -0.3 is 15.8 Å². The van der Waals surface area contributed by atoms with Gasteiger partial charge in [-0.1, -0.05) is 19.3 Å². The van der Waals surface area contributed by atoms with Crippen LogP contribution in [0.1, 0.15) is 48.0 Å². The van der Waals surface area contributed by atoms with Crippen LogP contribution in [0.5, 0.6) is 5.75 Å². The Morgan fingerprint density at radius 3 is 2.35 bits per heavy atom. The van der Waals surface area contributed by atoms with Crippen molar-refractivity contribution in [1.82, 2.24) is 4.72 Å². The number of anilines is 1. The maximum atomic E-state index is 12.7. The maximum absolute atomic E-state index is 12.7. The second-order valence-electron chi connectivity index (χ2n) is 7.66. The normalized spacial score (nSPS) is 14.7. The van der Waals surface area contributed by atoms with Crippen LogP contribution in [-0.2, 0) is 14.8 Å². The van der Waals surface area contributed by atoms with Crippen molar-refractivity contribution in [3.63, 3.8) is 0 Å². The number of carbonyl (C=O) groups excluding carboxylic acids is 2. The summed E-state index contributed by atoms with van der Waals surface area (Å²) < 4.78 is 33.6. The number of hydrogen-bond acceptors (Lipinski definition) is 5. The Morgan fingerprint density at radius 1 is 1.06 bits per heavy atom. The van der Waals surface area contributed by atoms with Gasteiger partial charge in [-0.15, -0.1) is 0 Å². The van der Waals surface area contributed by atoms with Crippen LogP contribution in [0.15, 0.2) is 47.4 Å². The molecule has 0 radical (unpaired) electrons. The van der Waals surface area contributed by atoms with Crippen molar-refractivity contribution in [2.75, 3.05) is 11.9 Å². The molecule has 1 fully saturated rings. The van der Waals surface area contributed by atoms with Gasteiger partial charge in [0.25, 0.3) is 5.91 Å². The number of aryl methyl sites for hydroxylation is 1. The molecular weight excluding hydrogens is 418 g/mol. The van der Waals surface area contributed by atoms with Crippen molar-refractivity contribution in [2.24, 2.45) is 5.73 Å². The summed E-state index contributed by atoms with van der Waals surface area (Å²) in [5.74, 6) is -0.506. The van der Waals surface area contributed by atoms with E-state index < -0.39 is 15.9 Å². The van der Waals surface area contributed by atoms with E-state index in [0.717, 1.165) is 32.1 Å². The molecule has 0 bridgehead atoms. The fraction of sp³-hybridized carbons (Fsp3) is 0.364. The number of nitrogens with one attached hydrogen (secondary N) is 2. The quantitative estimate of drug-likeness (QED) is 0.576. The van der Waals surface area contributed by atoms with Crippen molar-refractivity contribution >= 4 is 27.5 Å². The Kier molecular flexibility index (Phi) is 7.29. The van der Waals surface area contributed by atoms with E-state index in [1.165, 1.54) is 18.2 Å². The minimum Gasteiger partial charge on any atom is -0.483 e. The van der Waals surface area contributed by atoms with Crippen molar-refractivity contribution in [3.8, 4) is 5.75 Å². The van der Waals surface area contributed by atoms with Crippen molar-refractivity contribution in [2.45, 2.75) is 50.0 Å². The van der Waals surface area contributed by atoms with Crippen LogP contribution in [0.25, 0.3) is 0 Å². The highest BCUT2D eigenvalue weighted by atomic mass is 32.2. The summed E-state index contributed by atoms with van der Waals surface area (Å²) in [7, 11) is -3.60. The monoisotopic (exact) mass is 445 g/mol. The number of carbonyl (C=O) groups is 2. The van der Waals surface area contributed by atoms with Gasteiger partial charge in [-0.05, 0) is 67.8 Å². The van der Waals surface area contributed by atoms with Gasteiger partial charge in [0.2, 0.25) is 15.9 Å². The molecule has 4 N–H and O–H groups in total. The Labute approximate surface area is 182 Å². The molecule has 1 saturated carbocycles. The molecule has 166 valence electrons. The van der Waals surface area contributed by atoms with Crippen LogP contribution >= 0.6 is 0 Å². The second kappa shape index (κ2) is 9.93. The van der Waals surface area contributed by atoms with E-state index in [4.69, 9.17) is 10.5 Å². The number of amides is 2. The van der Waals surface area contributed by atoms with Crippen LogP contribution in [0.4, 0.5) is 5.69 Å². The third-order valence-electron chi connectivity index (χ3n) is 5.20. The van der Waals surface area contributed by atoms with Crippen LogP contribution in [0.2, 0.25) is 0 Å². The number of benzene rings is 2. The smallest absolute Gasteiger partial charge is 0.262 e. The Morgan fingerprint density at radius 2 is 1.74 bits per heavy atom. The molecule has 0 aliphatic heterocycles. The van der Waals surface area contributed by atoms with Crippen LogP contribution in [-0.4, -0.2) is 32.9 Å². The van der Waals surface area contributed by atoms with Gasteiger partial charge in [-0.3, -0.25) is 9.59 Å². The lowest BCUT2D eigenvalue weighted by Crippen LogP contribution is -2.36. The van der Waals surface area contributed by atoms with Crippen LogP contribution < -0.4 is 20.5 Å². The molecule has 2 amide bonds. The largest absolute Gasteiger partial charge is 0.483 e. The lowest BCUT2D eigenvalue weighted by Gasteiger charge is -2.22. The standard InChI is InChI=1S/C22H27N3O5S/c1-15-13-19(31(28,29)25-18-5-3-2-4-6-18)11-12-20(15)30-14-21(26)24-17-9-7-16(8-10-17)22(23)27/h7-13,18,25H,2-6,14H2,1H3,(H2,23,27)(H,24,26). The lowest BCUT2D eigenvalue weighted by atomic mass is 9.96. The van der Waals surface area contributed by atoms with E-state index in [0.29, 0.717) is 22.6 Å². The molecule has 2 aromatic carbocycles. The first-order valence-electron chi connectivity index (χ1n) is 10.2. The third kappa shape index (κ3) is 6.28. The number of ether oxygens (including phenoxy) is 1. The SMILES string of the molecule is Cc1cc(S(=O)(=O)NC2CCCCC2)ccc1OCC(=O)Nc1ccc(C(N)=O)cc1. The summed E-state index contributed by atoms with van der Waals surface area (Å²) >= 11 is 0.